The number of ether oxygens (including phenoxy) is 1. The van der Waals surface area contributed by atoms with Gasteiger partial charge in [-0.25, -0.2) is 0 Å². The lowest BCUT2D eigenvalue weighted by atomic mass is 10.0. The highest BCUT2D eigenvalue weighted by Crippen LogP contribution is 2.29. The van der Waals surface area contributed by atoms with Crippen LogP contribution in [0.15, 0.2) is 18.2 Å². The molecule has 3 aliphatic heterocycles. The minimum absolute atomic E-state index is 0.132. The molecule has 2 fully saturated rings. The van der Waals surface area contributed by atoms with Gasteiger partial charge in [-0.3, -0.25) is 19.7 Å². The molecule has 0 radical (unpaired) electrons. The third kappa shape index (κ3) is 3.73. The summed E-state index contributed by atoms with van der Waals surface area (Å²) in [6.45, 7) is 3.98. The molecule has 3 aliphatic rings. The number of rotatable bonds is 4. The Balaban J connectivity index is 1.48. The summed E-state index contributed by atoms with van der Waals surface area (Å²) in [6.07, 6.45) is 0.642. The number of amides is 3. The van der Waals surface area contributed by atoms with E-state index >= 15 is 0 Å². The maximum Gasteiger partial charge on any atom is 0.255 e. The van der Waals surface area contributed by atoms with Gasteiger partial charge in [-0.1, -0.05) is 18.2 Å². The summed E-state index contributed by atoms with van der Waals surface area (Å²) in [5, 5.41) is 9.11. The largest absolute Gasteiger partial charge is 0.378 e. The quantitative estimate of drug-likeness (QED) is 0.618. The Labute approximate surface area is 157 Å². The Morgan fingerprint density at radius 3 is 3.00 bits per heavy atom. The Bertz CT molecular complexity index is 758. The van der Waals surface area contributed by atoms with E-state index in [9.17, 15) is 14.4 Å². The molecule has 2 unspecified atom stereocenters. The molecule has 27 heavy (non-hydrogen) atoms. The van der Waals surface area contributed by atoms with Gasteiger partial charge in [0.25, 0.3) is 5.91 Å². The topological polar surface area (TPSA) is 99.8 Å². The molecule has 2 saturated heterocycles. The number of carbonyl (C=O) groups is 3. The first-order valence-corrected chi connectivity index (χ1v) is 9.41. The van der Waals surface area contributed by atoms with Crippen molar-refractivity contribution in [3.63, 3.8) is 0 Å². The SMILES string of the molecule is O=C1CCC(N2Cc3cccc(CNC4CNCCOC4)c3C2=O)C(=O)N1. The van der Waals surface area contributed by atoms with Gasteiger partial charge in [0.05, 0.1) is 13.2 Å². The van der Waals surface area contributed by atoms with Crippen LogP contribution in [0.25, 0.3) is 0 Å². The summed E-state index contributed by atoms with van der Waals surface area (Å²) >= 11 is 0. The predicted octanol–water partition coefficient (Wildman–Crippen LogP) is -0.474. The number of nitrogens with zero attached hydrogens (tertiary/aromatic N) is 1. The summed E-state index contributed by atoms with van der Waals surface area (Å²) in [6, 6.07) is 5.43. The third-order valence-electron chi connectivity index (χ3n) is 5.35. The number of imide groups is 1. The summed E-state index contributed by atoms with van der Waals surface area (Å²) in [5.74, 6) is -0.787. The van der Waals surface area contributed by atoms with Crippen LogP contribution in [0.4, 0.5) is 0 Å². The van der Waals surface area contributed by atoms with Crippen LogP contribution >= 0.6 is 0 Å². The van der Waals surface area contributed by atoms with Crippen LogP contribution in [0.2, 0.25) is 0 Å². The number of fused-ring (bicyclic) bond motifs is 1. The maximum atomic E-state index is 13.0. The minimum Gasteiger partial charge on any atom is -0.378 e. The van der Waals surface area contributed by atoms with Crippen molar-refractivity contribution in [3.05, 3.63) is 34.9 Å². The molecule has 8 nitrogen and oxygen atoms in total. The van der Waals surface area contributed by atoms with E-state index in [-0.39, 0.29) is 30.2 Å². The molecule has 1 aromatic rings. The number of carbonyl (C=O) groups excluding carboxylic acids is 3. The summed E-state index contributed by atoms with van der Waals surface area (Å²) in [5.41, 5.74) is 2.54. The standard InChI is InChI=1S/C19H24N4O4/c24-16-5-4-15(18(25)22-16)23-10-13-3-1-2-12(17(13)19(23)26)8-21-14-9-20-6-7-27-11-14/h1-3,14-15,20-21H,4-11H2,(H,22,24,25). The smallest absolute Gasteiger partial charge is 0.255 e. The molecule has 0 bridgehead atoms. The van der Waals surface area contributed by atoms with Gasteiger partial charge in [-0.15, -0.1) is 0 Å². The molecule has 4 rings (SSSR count). The lowest BCUT2D eigenvalue weighted by molar-refractivity contribution is -0.136. The highest BCUT2D eigenvalue weighted by atomic mass is 16.5. The van der Waals surface area contributed by atoms with Gasteiger partial charge in [-0.05, 0) is 17.5 Å². The van der Waals surface area contributed by atoms with Gasteiger partial charge in [0, 0.05) is 44.2 Å². The Morgan fingerprint density at radius 2 is 2.15 bits per heavy atom. The van der Waals surface area contributed by atoms with Crippen molar-refractivity contribution < 1.29 is 19.1 Å². The Morgan fingerprint density at radius 1 is 1.26 bits per heavy atom. The molecular formula is C19H24N4O4. The molecule has 0 aromatic heterocycles. The molecule has 0 spiro atoms. The van der Waals surface area contributed by atoms with Gasteiger partial charge in [0.15, 0.2) is 0 Å². The molecule has 3 amide bonds. The molecule has 0 aliphatic carbocycles. The van der Waals surface area contributed by atoms with Crippen molar-refractivity contribution in [2.45, 2.75) is 38.0 Å². The van der Waals surface area contributed by atoms with Crippen LogP contribution < -0.4 is 16.0 Å². The monoisotopic (exact) mass is 372 g/mol. The highest BCUT2D eigenvalue weighted by molar-refractivity contribution is 6.05. The van der Waals surface area contributed by atoms with Crippen LogP contribution in [0.1, 0.15) is 34.3 Å². The number of piperidine rings is 1. The first-order valence-electron chi connectivity index (χ1n) is 9.41. The summed E-state index contributed by atoms with van der Waals surface area (Å²) in [7, 11) is 0. The number of benzene rings is 1. The summed E-state index contributed by atoms with van der Waals surface area (Å²) in [4.78, 5) is 38.2. The van der Waals surface area contributed by atoms with Crippen LogP contribution in [-0.4, -0.2) is 61.0 Å². The van der Waals surface area contributed by atoms with E-state index in [1.165, 1.54) is 0 Å². The van der Waals surface area contributed by atoms with Crippen molar-refractivity contribution in [3.8, 4) is 0 Å². The number of nitrogens with one attached hydrogen (secondary N) is 3. The lowest BCUT2D eigenvalue weighted by Crippen LogP contribution is -2.52. The van der Waals surface area contributed by atoms with Crippen LogP contribution in [0, 0.1) is 0 Å². The van der Waals surface area contributed by atoms with Crippen molar-refractivity contribution in [1.29, 1.82) is 0 Å². The van der Waals surface area contributed by atoms with E-state index in [4.69, 9.17) is 4.74 Å². The van der Waals surface area contributed by atoms with E-state index in [0.717, 1.165) is 24.2 Å². The zero-order valence-electron chi connectivity index (χ0n) is 15.1. The van der Waals surface area contributed by atoms with Gasteiger partial charge in [-0.2, -0.15) is 0 Å². The zero-order chi connectivity index (χ0) is 18.8. The van der Waals surface area contributed by atoms with Crippen molar-refractivity contribution in [2.75, 3.05) is 26.3 Å². The average molecular weight is 372 g/mol. The predicted molar refractivity (Wildman–Crippen MR) is 96.8 cm³/mol. The molecule has 3 N–H and O–H groups in total. The van der Waals surface area contributed by atoms with E-state index in [0.29, 0.717) is 38.3 Å². The highest BCUT2D eigenvalue weighted by Gasteiger charge is 2.39. The average Bonchev–Trinajstić information content (AvgIpc) is 2.83. The Hall–Kier alpha value is -2.29. The summed E-state index contributed by atoms with van der Waals surface area (Å²) < 4.78 is 5.55. The first kappa shape index (κ1) is 18.1. The van der Waals surface area contributed by atoms with Crippen molar-refractivity contribution >= 4 is 17.7 Å². The van der Waals surface area contributed by atoms with E-state index < -0.39 is 6.04 Å². The molecular weight excluding hydrogens is 348 g/mol. The fourth-order valence-corrected chi connectivity index (χ4v) is 3.93. The lowest BCUT2D eigenvalue weighted by Gasteiger charge is -2.29. The molecule has 2 atom stereocenters. The van der Waals surface area contributed by atoms with E-state index in [2.05, 4.69) is 16.0 Å². The second-order valence-corrected chi connectivity index (χ2v) is 7.21. The molecule has 1 aromatic carbocycles. The van der Waals surface area contributed by atoms with Gasteiger partial charge in [0.2, 0.25) is 11.8 Å². The maximum absolute atomic E-state index is 13.0. The van der Waals surface area contributed by atoms with E-state index in [1.54, 1.807) is 4.90 Å². The second kappa shape index (κ2) is 7.75. The van der Waals surface area contributed by atoms with Crippen LogP contribution in [0.5, 0.6) is 0 Å². The third-order valence-corrected chi connectivity index (χ3v) is 5.35. The fraction of sp³-hybridized carbons (Fsp3) is 0.526. The molecule has 144 valence electrons. The first-order chi connectivity index (χ1) is 13.1. The fourth-order valence-electron chi connectivity index (χ4n) is 3.93. The number of hydrogen-bond donors (Lipinski definition) is 3. The van der Waals surface area contributed by atoms with Gasteiger partial charge < -0.3 is 20.3 Å². The zero-order valence-corrected chi connectivity index (χ0v) is 15.1. The minimum atomic E-state index is -0.581. The number of hydrogen-bond acceptors (Lipinski definition) is 6. The van der Waals surface area contributed by atoms with Gasteiger partial charge in [0.1, 0.15) is 6.04 Å². The molecule has 8 heteroatoms. The molecule has 0 saturated carbocycles. The van der Waals surface area contributed by atoms with E-state index in [1.807, 2.05) is 18.2 Å². The van der Waals surface area contributed by atoms with Crippen LogP contribution in [-0.2, 0) is 27.4 Å². The van der Waals surface area contributed by atoms with Crippen molar-refractivity contribution in [2.24, 2.45) is 0 Å². The second-order valence-electron chi connectivity index (χ2n) is 7.21. The molecule has 3 heterocycles. The normalized spacial score (nSPS) is 25.9. The van der Waals surface area contributed by atoms with Gasteiger partial charge >= 0.3 is 0 Å². The van der Waals surface area contributed by atoms with Crippen molar-refractivity contribution in [1.82, 2.24) is 20.9 Å². The van der Waals surface area contributed by atoms with Crippen LogP contribution in [0.3, 0.4) is 0 Å². The Kier molecular flexibility index (Phi) is 5.20.